The fourth-order valence-electron chi connectivity index (χ4n) is 1.75. The third kappa shape index (κ3) is 3.70. The normalized spacial score (nSPS) is 10.3. The third-order valence-corrected chi connectivity index (χ3v) is 4.16. The van der Waals surface area contributed by atoms with Gasteiger partial charge >= 0.3 is 5.97 Å². The first kappa shape index (κ1) is 16.1. The van der Waals surface area contributed by atoms with E-state index in [2.05, 4.69) is 37.2 Å². The fourth-order valence-corrected chi connectivity index (χ4v) is 3.17. The summed E-state index contributed by atoms with van der Waals surface area (Å²) in [6, 6.07) is 8.69. The Labute approximate surface area is 143 Å². The van der Waals surface area contributed by atoms with E-state index in [9.17, 15) is 4.79 Å². The van der Waals surface area contributed by atoms with Crippen molar-refractivity contribution in [3.63, 3.8) is 0 Å². The van der Waals surface area contributed by atoms with Gasteiger partial charge in [-0.3, -0.25) is 0 Å². The molecule has 0 atom stereocenters. The second-order valence-electron chi connectivity index (χ2n) is 4.17. The van der Waals surface area contributed by atoms with Crippen molar-refractivity contribution in [2.75, 3.05) is 18.2 Å². The Morgan fingerprint density at radius 2 is 2.00 bits per heavy atom. The molecule has 0 aliphatic carbocycles. The van der Waals surface area contributed by atoms with E-state index >= 15 is 0 Å². The van der Waals surface area contributed by atoms with Crippen LogP contribution in [0.2, 0.25) is 5.02 Å². The molecule has 0 saturated carbocycles. The van der Waals surface area contributed by atoms with Crippen LogP contribution >= 0.6 is 43.5 Å². The maximum atomic E-state index is 11.9. The molecular formula is C14H11Br2ClN2O2. The minimum Gasteiger partial charge on any atom is -0.465 e. The third-order valence-electron chi connectivity index (χ3n) is 2.71. The summed E-state index contributed by atoms with van der Waals surface area (Å²) in [5.74, 6) is -0.514. The minimum atomic E-state index is -0.514. The number of hydrogen-bond acceptors (Lipinski definition) is 4. The molecular weight excluding hydrogens is 423 g/mol. The van der Waals surface area contributed by atoms with E-state index in [-0.39, 0.29) is 5.56 Å². The molecule has 0 aliphatic heterocycles. The Bertz CT molecular complexity index is 708. The number of carbonyl (C=O) groups excluding carboxylic acids is 1. The van der Waals surface area contributed by atoms with Crippen molar-refractivity contribution in [1.82, 2.24) is 0 Å². The first-order valence-electron chi connectivity index (χ1n) is 5.81. The lowest BCUT2D eigenvalue weighted by Crippen LogP contribution is -2.07. The molecule has 0 aliphatic rings. The Kier molecular flexibility index (Phi) is 5.13. The number of halogens is 3. The number of benzene rings is 2. The van der Waals surface area contributed by atoms with Gasteiger partial charge in [-0.25, -0.2) is 4.79 Å². The van der Waals surface area contributed by atoms with Gasteiger partial charge < -0.3 is 15.8 Å². The molecule has 2 aromatic rings. The smallest absolute Gasteiger partial charge is 0.340 e. The number of carbonyl (C=O) groups is 1. The van der Waals surface area contributed by atoms with E-state index in [1.807, 2.05) is 18.2 Å². The van der Waals surface area contributed by atoms with Gasteiger partial charge in [0.25, 0.3) is 0 Å². The van der Waals surface area contributed by atoms with Gasteiger partial charge in [-0.1, -0.05) is 27.5 Å². The molecule has 0 bridgehead atoms. The highest BCUT2D eigenvalue weighted by atomic mass is 79.9. The van der Waals surface area contributed by atoms with Crippen molar-refractivity contribution in [2.45, 2.75) is 0 Å². The van der Waals surface area contributed by atoms with Crippen LogP contribution in [0.4, 0.5) is 17.1 Å². The van der Waals surface area contributed by atoms with Crippen molar-refractivity contribution in [3.8, 4) is 0 Å². The Morgan fingerprint density at radius 1 is 1.29 bits per heavy atom. The lowest BCUT2D eigenvalue weighted by atomic mass is 10.1. The maximum absolute atomic E-state index is 11.9. The number of methoxy groups -OCH3 is 1. The minimum absolute atomic E-state index is 0.275. The van der Waals surface area contributed by atoms with Gasteiger partial charge in [-0.15, -0.1) is 0 Å². The average molecular weight is 435 g/mol. The summed E-state index contributed by atoms with van der Waals surface area (Å²) in [7, 11) is 1.30. The maximum Gasteiger partial charge on any atom is 0.340 e. The van der Waals surface area contributed by atoms with E-state index in [0.717, 1.165) is 14.6 Å². The molecule has 21 heavy (non-hydrogen) atoms. The molecule has 0 radical (unpaired) electrons. The highest BCUT2D eigenvalue weighted by molar-refractivity contribution is 9.11. The predicted octanol–water partition coefficient (Wildman–Crippen LogP) is 4.98. The number of hydrogen-bond donors (Lipinski definition) is 2. The molecule has 110 valence electrons. The second-order valence-corrected chi connectivity index (χ2v) is 6.34. The van der Waals surface area contributed by atoms with Crippen molar-refractivity contribution < 1.29 is 9.53 Å². The number of esters is 1. The van der Waals surface area contributed by atoms with Crippen LogP contribution in [0.1, 0.15) is 10.4 Å². The van der Waals surface area contributed by atoms with Gasteiger partial charge in [-0.05, 0) is 46.3 Å². The molecule has 3 N–H and O–H groups in total. The van der Waals surface area contributed by atoms with E-state index in [1.54, 1.807) is 6.07 Å². The molecule has 2 aromatic carbocycles. The van der Waals surface area contributed by atoms with Gasteiger partial charge in [0.1, 0.15) is 0 Å². The predicted molar refractivity (Wildman–Crippen MR) is 92.3 cm³/mol. The standard InChI is InChI=1S/C14H11Br2ClN2O2/c1-21-14(20)9-5-8(18)6-11(17)13(9)19-12-3-2-7(15)4-10(12)16/h2-6,19H,18H2,1H3. The molecule has 0 spiro atoms. The molecule has 0 fully saturated rings. The summed E-state index contributed by atoms with van der Waals surface area (Å²) < 4.78 is 6.51. The number of nitrogens with two attached hydrogens (primary N) is 1. The Hall–Kier alpha value is -1.24. The van der Waals surface area contributed by atoms with Crippen LogP contribution < -0.4 is 11.1 Å². The van der Waals surface area contributed by atoms with Crippen LogP contribution in [0, 0.1) is 0 Å². The number of nitrogens with one attached hydrogen (secondary N) is 1. The van der Waals surface area contributed by atoms with Crippen LogP contribution in [-0.2, 0) is 4.74 Å². The van der Waals surface area contributed by atoms with Crippen LogP contribution in [0.25, 0.3) is 0 Å². The Morgan fingerprint density at radius 3 is 2.62 bits per heavy atom. The van der Waals surface area contributed by atoms with Crippen molar-refractivity contribution in [2.24, 2.45) is 0 Å². The summed E-state index contributed by atoms with van der Waals surface area (Å²) in [5, 5.41) is 3.46. The number of ether oxygens (including phenoxy) is 1. The molecule has 4 nitrogen and oxygen atoms in total. The molecule has 2 rings (SSSR count). The zero-order chi connectivity index (χ0) is 15.6. The van der Waals surface area contributed by atoms with Crippen LogP contribution in [0.15, 0.2) is 39.3 Å². The van der Waals surface area contributed by atoms with E-state index < -0.39 is 5.97 Å². The van der Waals surface area contributed by atoms with Crippen LogP contribution in [0.3, 0.4) is 0 Å². The summed E-state index contributed by atoms with van der Waals surface area (Å²) in [6.45, 7) is 0. The quantitative estimate of drug-likeness (QED) is 0.528. The zero-order valence-electron chi connectivity index (χ0n) is 10.9. The molecule has 0 unspecified atom stereocenters. The molecule has 0 aromatic heterocycles. The number of rotatable bonds is 3. The van der Waals surface area contributed by atoms with E-state index in [1.165, 1.54) is 13.2 Å². The largest absolute Gasteiger partial charge is 0.465 e. The average Bonchev–Trinajstić information content (AvgIpc) is 2.42. The first-order chi connectivity index (χ1) is 9.92. The first-order valence-corrected chi connectivity index (χ1v) is 7.78. The highest BCUT2D eigenvalue weighted by Gasteiger charge is 2.17. The van der Waals surface area contributed by atoms with Crippen molar-refractivity contribution >= 4 is 66.5 Å². The lowest BCUT2D eigenvalue weighted by Gasteiger charge is -2.15. The summed E-state index contributed by atoms with van der Waals surface area (Å²) in [4.78, 5) is 11.9. The summed E-state index contributed by atoms with van der Waals surface area (Å²) in [5.41, 5.74) is 7.60. The van der Waals surface area contributed by atoms with Crippen molar-refractivity contribution in [3.05, 3.63) is 49.9 Å². The summed E-state index contributed by atoms with van der Waals surface area (Å²) in [6.07, 6.45) is 0. The second kappa shape index (κ2) is 6.68. The van der Waals surface area contributed by atoms with Gasteiger partial charge in [-0.2, -0.15) is 0 Å². The van der Waals surface area contributed by atoms with E-state index in [0.29, 0.717) is 16.4 Å². The highest BCUT2D eigenvalue weighted by Crippen LogP contribution is 2.35. The molecule has 7 heteroatoms. The monoisotopic (exact) mass is 432 g/mol. The molecule has 0 saturated heterocycles. The number of anilines is 3. The van der Waals surface area contributed by atoms with Gasteiger partial charge in [0.2, 0.25) is 0 Å². The van der Waals surface area contributed by atoms with E-state index in [4.69, 9.17) is 22.1 Å². The van der Waals surface area contributed by atoms with Gasteiger partial charge in [0.15, 0.2) is 0 Å². The van der Waals surface area contributed by atoms with Crippen molar-refractivity contribution in [1.29, 1.82) is 0 Å². The zero-order valence-corrected chi connectivity index (χ0v) is 14.8. The number of nitrogen functional groups attached to an aromatic ring is 1. The SMILES string of the molecule is COC(=O)c1cc(N)cc(Cl)c1Nc1ccc(Br)cc1Br. The topological polar surface area (TPSA) is 64.3 Å². The molecule has 0 amide bonds. The fraction of sp³-hybridized carbons (Fsp3) is 0.0714. The Balaban J connectivity index is 2.50. The summed E-state index contributed by atoms with van der Waals surface area (Å²) >= 11 is 13.0. The molecule has 0 heterocycles. The van der Waals surface area contributed by atoms with Gasteiger partial charge in [0, 0.05) is 14.6 Å². The van der Waals surface area contributed by atoms with Gasteiger partial charge in [0.05, 0.1) is 29.1 Å². The van der Waals surface area contributed by atoms with Crippen LogP contribution in [-0.4, -0.2) is 13.1 Å². The lowest BCUT2D eigenvalue weighted by molar-refractivity contribution is 0.0602. The van der Waals surface area contributed by atoms with Crippen LogP contribution in [0.5, 0.6) is 0 Å².